The van der Waals surface area contributed by atoms with Crippen molar-refractivity contribution >= 4 is 5.97 Å². The molecule has 0 spiro atoms. The number of esters is 1. The zero-order valence-electron chi connectivity index (χ0n) is 22.1. The van der Waals surface area contributed by atoms with Gasteiger partial charge in [-0.05, 0) is 91.4 Å². The number of carbonyl (C=O) groups is 1. The number of nitriles is 2. The summed E-state index contributed by atoms with van der Waals surface area (Å²) in [6.07, 6.45) is 10.1. The summed E-state index contributed by atoms with van der Waals surface area (Å²) in [4.78, 5) is 13.9. The SMILES string of the molecule is C[C@@H]1CC[C@@H](C(C)(C)c2ccccc2)[C@H](OC(=O)[C@@H]2[C@@H](C34CC5CC(CC(C5)C3)C4)C2(C#N)C#N)C1. The van der Waals surface area contributed by atoms with Gasteiger partial charge < -0.3 is 4.74 Å². The second kappa shape index (κ2) is 8.34. The van der Waals surface area contributed by atoms with E-state index in [1.165, 1.54) is 24.8 Å². The summed E-state index contributed by atoms with van der Waals surface area (Å²) in [6, 6.07) is 15.3. The van der Waals surface area contributed by atoms with Gasteiger partial charge in [0.2, 0.25) is 0 Å². The van der Waals surface area contributed by atoms with Crippen molar-refractivity contribution in [3.63, 3.8) is 0 Å². The second-order valence-electron chi connectivity index (χ2n) is 13.9. The van der Waals surface area contributed by atoms with Crippen LogP contribution in [-0.4, -0.2) is 12.1 Å². The molecule has 4 heteroatoms. The lowest BCUT2D eigenvalue weighted by Gasteiger charge is -2.57. The minimum atomic E-state index is -1.20. The van der Waals surface area contributed by atoms with Crippen LogP contribution >= 0.6 is 0 Å². The van der Waals surface area contributed by atoms with Crippen LogP contribution in [0.3, 0.4) is 0 Å². The molecule has 0 N–H and O–H groups in total. The van der Waals surface area contributed by atoms with Gasteiger partial charge in [-0.15, -0.1) is 0 Å². The van der Waals surface area contributed by atoms with Gasteiger partial charge in [0.25, 0.3) is 0 Å². The fourth-order valence-electron chi connectivity index (χ4n) is 10.00. The molecule has 7 rings (SSSR count). The molecule has 36 heavy (non-hydrogen) atoms. The predicted octanol–water partition coefficient (Wildman–Crippen LogP) is 6.81. The van der Waals surface area contributed by atoms with Crippen LogP contribution in [-0.2, 0) is 14.9 Å². The van der Waals surface area contributed by atoms with Crippen molar-refractivity contribution < 1.29 is 9.53 Å². The highest BCUT2D eigenvalue weighted by atomic mass is 16.5. The third-order valence-corrected chi connectivity index (χ3v) is 11.3. The van der Waals surface area contributed by atoms with Crippen LogP contribution in [0.2, 0.25) is 0 Å². The van der Waals surface area contributed by atoms with Crippen LogP contribution in [0.15, 0.2) is 30.3 Å². The Kier molecular flexibility index (Phi) is 5.57. The van der Waals surface area contributed by atoms with Crippen molar-refractivity contribution in [3.8, 4) is 12.1 Å². The van der Waals surface area contributed by atoms with Gasteiger partial charge in [0.15, 0.2) is 5.41 Å². The van der Waals surface area contributed by atoms with Crippen molar-refractivity contribution in [3.05, 3.63) is 35.9 Å². The number of rotatable bonds is 5. The van der Waals surface area contributed by atoms with Crippen LogP contribution < -0.4 is 0 Å². The molecule has 6 fully saturated rings. The van der Waals surface area contributed by atoms with Crippen molar-refractivity contribution in [1.29, 1.82) is 10.5 Å². The molecule has 0 aromatic heterocycles. The van der Waals surface area contributed by atoms with Crippen molar-refractivity contribution in [2.45, 2.75) is 90.1 Å². The van der Waals surface area contributed by atoms with Crippen LogP contribution in [0.5, 0.6) is 0 Å². The maximum absolute atomic E-state index is 13.9. The normalized spacial score (nSPS) is 42.2. The molecule has 4 nitrogen and oxygen atoms in total. The maximum atomic E-state index is 13.9. The number of benzene rings is 1. The summed E-state index contributed by atoms with van der Waals surface area (Å²) in [6.45, 7) is 6.79. The summed E-state index contributed by atoms with van der Waals surface area (Å²) in [5, 5.41) is 20.5. The molecule has 0 radical (unpaired) electrons. The van der Waals surface area contributed by atoms with Crippen LogP contribution in [0.4, 0.5) is 0 Å². The summed E-state index contributed by atoms with van der Waals surface area (Å²) < 4.78 is 6.42. The zero-order chi connectivity index (χ0) is 25.3. The van der Waals surface area contributed by atoms with E-state index in [9.17, 15) is 15.3 Å². The van der Waals surface area contributed by atoms with Gasteiger partial charge in [0.05, 0.1) is 18.1 Å². The summed E-state index contributed by atoms with van der Waals surface area (Å²) >= 11 is 0. The fourth-order valence-corrected chi connectivity index (χ4v) is 10.00. The van der Waals surface area contributed by atoms with E-state index in [1.54, 1.807) is 0 Å². The highest BCUT2D eigenvalue weighted by Crippen LogP contribution is 2.75. The molecule has 6 aliphatic carbocycles. The minimum Gasteiger partial charge on any atom is -0.462 e. The highest BCUT2D eigenvalue weighted by molar-refractivity contribution is 5.81. The Balaban J connectivity index is 1.26. The van der Waals surface area contributed by atoms with Gasteiger partial charge >= 0.3 is 5.97 Å². The van der Waals surface area contributed by atoms with Gasteiger partial charge in [-0.3, -0.25) is 4.79 Å². The van der Waals surface area contributed by atoms with Crippen molar-refractivity contribution in [2.24, 2.45) is 52.3 Å². The van der Waals surface area contributed by atoms with E-state index in [0.717, 1.165) is 56.3 Å². The predicted molar refractivity (Wildman–Crippen MR) is 137 cm³/mol. The molecule has 6 aliphatic rings. The van der Waals surface area contributed by atoms with E-state index in [-0.39, 0.29) is 34.7 Å². The Morgan fingerprint density at radius 1 is 0.944 bits per heavy atom. The number of hydrogen-bond donors (Lipinski definition) is 0. The first-order valence-corrected chi connectivity index (χ1v) is 14.3. The zero-order valence-corrected chi connectivity index (χ0v) is 22.1. The van der Waals surface area contributed by atoms with Gasteiger partial charge in [-0.1, -0.05) is 57.5 Å². The lowest BCUT2D eigenvalue weighted by molar-refractivity contribution is -0.160. The molecule has 0 saturated heterocycles. The molecule has 1 aromatic rings. The van der Waals surface area contributed by atoms with E-state index in [1.807, 2.05) is 6.07 Å². The topological polar surface area (TPSA) is 73.9 Å². The van der Waals surface area contributed by atoms with Crippen LogP contribution in [0.25, 0.3) is 0 Å². The van der Waals surface area contributed by atoms with Crippen molar-refractivity contribution in [1.82, 2.24) is 0 Å². The minimum absolute atomic E-state index is 0.00748. The second-order valence-corrected chi connectivity index (χ2v) is 13.9. The van der Waals surface area contributed by atoms with Crippen molar-refractivity contribution in [2.75, 3.05) is 0 Å². The summed E-state index contributed by atoms with van der Waals surface area (Å²) in [5.41, 5.74) is -0.0663. The monoisotopic (exact) mass is 484 g/mol. The Hall–Kier alpha value is -2.33. The average molecular weight is 485 g/mol. The van der Waals surface area contributed by atoms with Crippen LogP contribution in [0.1, 0.15) is 84.1 Å². The van der Waals surface area contributed by atoms with Gasteiger partial charge in [0, 0.05) is 11.8 Å². The average Bonchev–Trinajstić information content (AvgIpc) is 3.55. The third kappa shape index (κ3) is 3.55. The van der Waals surface area contributed by atoms with E-state index in [0.29, 0.717) is 5.92 Å². The van der Waals surface area contributed by atoms with Gasteiger partial charge in [-0.2, -0.15) is 10.5 Å². The Morgan fingerprint density at radius 2 is 1.53 bits per heavy atom. The van der Waals surface area contributed by atoms with Crippen LogP contribution in [0, 0.1) is 74.9 Å². The van der Waals surface area contributed by atoms with E-state index in [2.05, 4.69) is 57.2 Å². The lowest BCUT2D eigenvalue weighted by atomic mass is 9.47. The molecule has 0 unspecified atom stereocenters. The first kappa shape index (κ1) is 24.0. The molecular formula is C32H40N2O2. The van der Waals surface area contributed by atoms with E-state index in [4.69, 9.17) is 4.74 Å². The summed E-state index contributed by atoms with van der Waals surface area (Å²) in [5.74, 6) is 1.88. The van der Waals surface area contributed by atoms with E-state index >= 15 is 0 Å². The van der Waals surface area contributed by atoms with Gasteiger partial charge in [-0.25, -0.2) is 0 Å². The standard InChI is InChI=1S/C32H40N2O2/c1-20-9-10-25(30(2,3)24-7-5-4-6-8-24)26(11-20)36-29(35)27-28(32(27,18-33)19-34)31-15-21-12-22(16-31)14-23(13-21)17-31/h4-8,20-23,25-28H,9-17H2,1-3H3/t20-,21?,22?,23?,25-,26-,27+,28+,31?/m1/s1. The Labute approximate surface area is 216 Å². The molecule has 4 bridgehead atoms. The van der Waals surface area contributed by atoms with E-state index < -0.39 is 11.3 Å². The molecule has 0 heterocycles. The fraction of sp³-hybridized carbons (Fsp3) is 0.719. The molecular weight excluding hydrogens is 444 g/mol. The smallest absolute Gasteiger partial charge is 0.312 e. The molecule has 5 atom stereocenters. The third-order valence-electron chi connectivity index (χ3n) is 11.3. The number of nitrogens with zero attached hydrogens (tertiary/aromatic N) is 2. The number of hydrogen-bond acceptors (Lipinski definition) is 4. The first-order chi connectivity index (χ1) is 17.2. The molecule has 1 aromatic carbocycles. The molecule has 190 valence electrons. The van der Waals surface area contributed by atoms with Gasteiger partial charge in [0.1, 0.15) is 6.10 Å². The molecule has 0 aliphatic heterocycles. The Morgan fingerprint density at radius 3 is 2.08 bits per heavy atom. The lowest BCUT2D eigenvalue weighted by Crippen LogP contribution is -2.48. The molecule has 0 amide bonds. The first-order valence-electron chi connectivity index (χ1n) is 14.3. The summed E-state index contributed by atoms with van der Waals surface area (Å²) in [7, 11) is 0. The maximum Gasteiger partial charge on any atom is 0.312 e. The highest BCUT2D eigenvalue weighted by Gasteiger charge is 2.78. The number of ether oxygens (including phenoxy) is 1. The Bertz CT molecular complexity index is 1060. The number of carbonyl (C=O) groups excluding carboxylic acids is 1. The molecule has 6 saturated carbocycles. The quantitative estimate of drug-likeness (QED) is 0.430. The largest absolute Gasteiger partial charge is 0.462 e.